The van der Waals surface area contributed by atoms with Crippen molar-refractivity contribution in [2.75, 3.05) is 0 Å². The van der Waals surface area contributed by atoms with Crippen LogP contribution in [0.3, 0.4) is 0 Å². The molecule has 0 nitrogen and oxygen atoms in total. The van der Waals surface area contributed by atoms with Crippen molar-refractivity contribution >= 4 is 838 Å². The molecule has 0 N–H and O–H groups in total. The first kappa shape index (κ1) is 154. The Morgan fingerprint density at radius 3 is 0.274 bits per heavy atom. The van der Waals surface area contributed by atoms with Gasteiger partial charge >= 0.3 is 0 Å². The average Bonchev–Trinajstić information content (AvgIpc) is 3.42. The quantitative estimate of drug-likeness (QED) is 0.0533. The Balaban J connectivity index is 0. The van der Waals surface area contributed by atoms with E-state index >= 15 is 0 Å². The van der Waals surface area contributed by atoms with Crippen molar-refractivity contribution in [3.63, 3.8) is 0 Å². The van der Waals surface area contributed by atoms with Crippen molar-refractivity contribution in [2.24, 2.45) is 0 Å². The molecule has 637 valence electrons. The fraction of sp³-hybridized carbons (Fsp3) is 0. The first-order valence-electron chi connectivity index (χ1n) is 23.9. The second kappa shape index (κ2) is 84.7. The molecular weight excluding hydrogens is 3300 g/mol. The minimum absolute atomic E-state index is 0. The Kier molecular flexibility index (Phi) is 123. The smallest absolute Gasteiger partial charge is 0 e. The molecule has 0 aromatic rings. The van der Waals surface area contributed by atoms with Gasteiger partial charge in [-0.25, -0.2) is 0 Å². The van der Waals surface area contributed by atoms with Crippen LogP contribution in [0.4, 0.5) is 0 Å². The monoisotopic (exact) mass is 3410 g/mol. The molecule has 0 aromatic carbocycles. The van der Waals surface area contributed by atoms with Crippen LogP contribution in [0.25, 0.3) is 0 Å². The Labute approximate surface area is 841 Å². The van der Waals surface area contributed by atoms with Gasteiger partial charge in [0, 0.05) is 18.6 Å². The van der Waals surface area contributed by atoms with Crippen molar-refractivity contribution in [1.29, 1.82) is 0 Å². The summed E-state index contributed by atoms with van der Waals surface area (Å²) in [6.45, 7) is -21.6. The van der Waals surface area contributed by atoms with E-state index < -0.39 is 286 Å². The summed E-state index contributed by atoms with van der Waals surface area (Å²) < 4.78 is 0. The normalized spacial score (nSPS) is 15.7. The fourth-order valence-corrected chi connectivity index (χ4v) is 1550. The summed E-state index contributed by atoms with van der Waals surface area (Å²) in [5.41, 5.74) is 0. The zero-order valence-corrected chi connectivity index (χ0v) is 164. The molecule has 106 heavy (non-hydrogen) atoms. The zero-order chi connectivity index (χ0) is 83.2. The molecule has 0 fully saturated rings. The first-order chi connectivity index (χ1) is 47.7. The van der Waals surface area contributed by atoms with E-state index in [-0.39, 0.29) is 88.4 Å². The van der Waals surface area contributed by atoms with Crippen LogP contribution >= 0.6 is 838 Å². The van der Waals surface area contributed by atoms with Crippen molar-refractivity contribution in [3.8, 4) is 0 Å². The van der Waals surface area contributed by atoms with E-state index in [2.05, 4.69) is 473 Å². The van der Waals surface area contributed by atoms with E-state index in [4.69, 9.17) is 0 Å². The number of hydrogen-bond acceptors (Lipinski definition) is 0. The Morgan fingerprint density at radius 1 is 0.0943 bits per heavy atom. The SMILES string of the molecule is PP(P)P(P)P(P(P)P)P(P(PP(P(P(P(P(P)P)P(P)P)P(P(P)P)P(P)P)P(P(P(P)P)P(P)P)P(P(P)P)P(P)P)P(P(P(P(P)P)P(P)P)P(P(P)P)P(P)P)P(P(P(P)P)P(P)P)P(P(P)P)P(P)P)P(P(P(P)P)P(P)P)P(P(P)P)P(P)P)P(P(P(P)P)P(P)P)P(P(P)P)P(P)P.[V]. The van der Waals surface area contributed by atoms with Crippen LogP contribution < -0.4 is 0 Å². The third-order valence-corrected chi connectivity index (χ3v) is 755. The molecule has 0 aliphatic carbocycles. The van der Waals surface area contributed by atoms with Crippen LogP contribution in [0.5, 0.6) is 0 Å². The third-order valence-electron chi connectivity index (χ3n) is 9.32. The van der Waals surface area contributed by atoms with Crippen molar-refractivity contribution in [2.45, 2.75) is 0 Å². The fourth-order valence-electron chi connectivity index (χ4n) is 6.37. The molecule has 0 amide bonds. The maximum Gasteiger partial charge on any atom is 0 e. The molecule has 58 unspecified atom stereocenters. The van der Waals surface area contributed by atoms with Gasteiger partial charge in [0.2, 0.25) is 0 Å². The zero-order valence-electron chi connectivity index (χ0n) is 54.4. The molecule has 0 bridgehead atoms. The third kappa shape index (κ3) is 54.9. The molecule has 1 radical (unpaired) electrons. The van der Waals surface area contributed by atoms with Gasteiger partial charge in [-0.1, -0.05) is 0 Å². The molecule has 0 saturated heterocycles. The number of rotatable bonds is 51. The van der Waals surface area contributed by atoms with Gasteiger partial charge in [0.1, 0.15) is 0 Å². The van der Waals surface area contributed by atoms with E-state index in [9.17, 15) is 0 Å². The molecular formula is H107P105V. The van der Waals surface area contributed by atoms with Crippen molar-refractivity contribution in [1.82, 2.24) is 0 Å². The standard InChI is InChI=1S/H107P105.V/c1-55(2)81(53)96(80(51)52)98(101(86(60(11)12)61(13)14)87(62(15)16)63(17)18)82(97(84(56(3)4)57(5)6)85(58(7)8)59(9)10)54-83(99(102(88(64(19)20)65(21)22)89(66(23)24)67(25)26)103(90(68(27)28)69(29)30)91(70(31)32)71(33)34)100(104(92(72(35)36)73(37)38)93(74(39)40)75(41)42)105(94(76(43)44)77(45)46)95(78(47)48)79(49)50;/h54H,1-53H2;. The topological polar surface area (TPSA) is 0 Å². The van der Waals surface area contributed by atoms with Crippen molar-refractivity contribution in [3.05, 3.63) is 0 Å². The average molecular weight is 3410 g/mol. The van der Waals surface area contributed by atoms with Gasteiger partial charge in [0.25, 0.3) is 0 Å². The maximum absolute atomic E-state index is 3.94. The van der Waals surface area contributed by atoms with Gasteiger partial charge in [-0.2, -0.15) is 0 Å². The molecule has 0 aromatic heterocycles. The van der Waals surface area contributed by atoms with Gasteiger partial charge in [0.05, 0.1) is 0 Å². The predicted octanol–water partition coefficient (Wildman–Crippen LogP) is 61.8. The summed E-state index contributed by atoms with van der Waals surface area (Å²) >= 11 is 0. The van der Waals surface area contributed by atoms with Crippen LogP contribution in [0.2, 0.25) is 0 Å². The van der Waals surface area contributed by atoms with E-state index in [1.807, 2.05) is 0 Å². The molecule has 0 heterocycles. The van der Waals surface area contributed by atoms with Crippen LogP contribution in [0, 0.1) is 0 Å². The Morgan fingerprint density at radius 2 is 0.179 bits per heavy atom. The summed E-state index contributed by atoms with van der Waals surface area (Å²) in [7, 11) is 201. The van der Waals surface area contributed by atoms with Crippen LogP contribution in [-0.4, -0.2) is 0 Å². The summed E-state index contributed by atoms with van der Waals surface area (Å²) in [4.78, 5) is 0. The molecule has 0 aliphatic rings. The van der Waals surface area contributed by atoms with E-state index in [1.54, 1.807) is 0 Å². The van der Waals surface area contributed by atoms with Gasteiger partial charge in [0.15, 0.2) is 0 Å². The van der Waals surface area contributed by atoms with E-state index in [1.165, 1.54) is 0 Å². The van der Waals surface area contributed by atoms with Crippen LogP contribution in [-0.2, 0) is 18.6 Å². The van der Waals surface area contributed by atoms with Gasteiger partial charge in [-0.05, 0) is 364 Å². The second-order valence-electron chi connectivity index (χ2n) is 16.8. The first-order valence-corrected chi connectivity index (χ1v) is 215. The van der Waals surface area contributed by atoms with Crippen LogP contribution in [0.1, 0.15) is 0 Å². The van der Waals surface area contributed by atoms with Gasteiger partial charge < -0.3 is 0 Å². The van der Waals surface area contributed by atoms with Gasteiger partial charge in [-0.3, -0.25) is 0 Å². The second-order valence-corrected chi connectivity index (χ2v) is 453. The summed E-state index contributed by atoms with van der Waals surface area (Å²) in [5, 5.41) is 0. The molecule has 0 rings (SSSR count). The predicted molar refractivity (Wildman–Crippen MR) is 876 cm³/mol. The summed E-state index contributed by atoms with van der Waals surface area (Å²) in [5.74, 6) is 0. The molecule has 58 atom stereocenters. The van der Waals surface area contributed by atoms with Crippen molar-refractivity contribution < 1.29 is 18.6 Å². The maximum atomic E-state index is 3.94. The van der Waals surface area contributed by atoms with E-state index in [0.717, 1.165) is 7.96 Å². The Hall–Kier alpha value is 45.7. The number of hydrogen-bond donors (Lipinski definition) is 0. The van der Waals surface area contributed by atoms with E-state index in [0.29, 0.717) is 0 Å². The van der Waals surface area contributed by atoms with Gasteiger partial charge in [-0.15, -0.1) is 473 Å². The van der Waals surface area contributed by atoms with Crippen LogP contribution in [0.15, 0.2) is 0 Å². The molecule has 0 aliphatic heterocycles. The largest absolute Gasteiger partial charge is 0.102 e. The summed E-state index contributed by atoms with van der Waals surface area (Å²) in [6.07, 6.45) is 0. The molecule has 0 saturated carbocycles. The Bertz CT molecular complexity index is 1800. The summed E-state index contributed by atoms with van der Waals surface area (Å²) in [6, 6.07) is 0. The minimum Gasteiger partial charge on any atom is -0.102 e. The molecule has 0 spiro atoms. The molecule has 106 heteroatoms. The minimum atomic E-state index is -0.603.